The van der Waals surface area contributed by atoms with Gasteiger partial charge in [0.2, 0.25) is 5.91 Å². The van der Waals surface area contributed by atoms with E-state index in [9.17, 15) is 4.79 Å². The highest BCUT2D eigenvalue weighted by molar-refractivity contribution is 8.15. The van der Waals surface area contributed by atoms with Gasteiger partial charge in [-0.05, 0) is 23.3 Å². The van der Waals surface area contributed by atoms with Crippen molar-refractivity contribution in [1.29, 1.82) is 0 Å². The van der Waals surface area contributed by atoms with Crippen molar-refractivity contribution in [3.8, 4) is 0 Å². The summed E-state index contributed by atoms with van der Waals surface area (Å²) in [6, 6.07) is 13.6. The van der Waals surface area contributed by atoms with E-state index in [1.165, 1.54) is 11.8 Å². The molecule has 3 rings (SSSR count). The van der Waals surface area contributed by atoms with Crippen molar-refractivity contribution in [3.63, 3.8) is 0 Å². The zero-order valence-corrected chi connectivity index (χ0v) is 12.6. The number of thioether (sulfide) groups is 1. The van der Waals surface area contributed by atoms with E-state index >= 15 is 0 Å². The number of hydrogen-bond donors (Lipinski definition) is 0. The van der Waals surface area contributed by atoms with Crippen LogP contribution < -0.4 is 0 Å². The Bertz CT molecular complexity index is 701. The maximum absolute atomic E-state index is 12.0. The van der Waals surface area contributed by atoms with Gasteiger partial charge in [-0.2, -0.15) is 5.10 Å². The zero-order chi connectivity index (χ0) is 15.2. The van der Waals surface area contributed by atoms with Gasteiger partial charge in [-0.15, -0.1) is 5.10 Å². The Morgan fingerprint density at radius 3 is 2.73 bits per heavy atom. The molecule has 0 unspecified atom stereocenters. The Labute approximate surface area is 132 Å². The van der Waals surface area contributed by atoms with Crippen LogP contribution in [0.4, 0.5) is 0 Å². The van der Waals surface area contributed by atoms with Gasteiger partial charge in [0.25, 0.3) is 0 Å². The van der Waals surface area contributed by atoms with Crippen LogP contribution in [0, 0.1) is 0 Å². The molecule has 0 bridgehead atoms. The summed E-state index contributed by atoms with van der Waals surface area (Å²) in [6.07, 6.45) is 5.05. The summed E-state index contributed by atoms with van der Waals surface area (Å²) in [4.78, 5) is 17.6. The van der Waals surface area contributed by atoms with Gasteiger partial charge in [0.15, 0.2) is 5.17 Å². The molecule has 110 valence electrons. The van der Waals surface area contributed by atoms with Gasteiger partial charge >= 0.3 is 0 Å². The highest BCUT2D eigenvalue weighted by atomic mass is 32.2. The van der Waals surface area contributed by atoms with Gasteiger partial charge in [-0.3, -0.25) is 14.7 Å². The van der Waals surface area contributed by atoms with Crippen LogP contribution in [0.1, 0.15) is 11.1 Å². The average molecular weight is 310 g/mol. The minimum atomic E-state index is 0.0618. The van der Waals surface area contributed by atoms with Crippen molar-refractivity contribution >= 4 is 29.1 Å². The summed E-state index contributed by atoms with van der Waals surface area (Å²) in [5.41, 5.74) is 1.99. The molecule has 0 aliphatic carbocycles. The van der Waals surface area contributed by atoms with Crippen molar-refractivity contribution in [2.75, 3.05) is 5.75 Å². The van der Waals surface area contributed by atoms with Gasteiger partial charge in [0.05, 0.1) is 18.5 Å². The molecule has 6 heteroatoms. The molecular weight excluding hydrogens is 296 g/mol. The van der Waals surface area contributed by atoms with Crippen molar-refractivity contribution < 1.29 is 4.79 Å². The summed E-state index contributed by atoms with van der Waals surface area (Å²) >= 11 is 1.41. The highest BCUT2D eigenvalue weighted by Gasteiger charge is 2.28. The number of aromatic nitrogens is 1. The van der Waals surface area contributed by atoms with Gasteiger partial charge in [0.1, 0.15) is 0 Å². The molecule has 2 heterocycles. The molecule has 22 heavy (non-hydrogen) atoms. The Morgan fingerprint density at radius 1 is 1.18 bits per heavy atom. The lowest BCUT2D eigenvalue weighted by Crippen LogP contribution is -2.28. The quantitative estimate of drug-likeness (QED) is 0.644. The zero-order valence-electron chi connectivity index (χ0n) is 11.8. The Kier molecular flexibility index (Phi) is 4.60. The molecule has 1 aliphatic heterocycles. The van der Waals surface area contributed by atoms with E-state index in [0.717, 1.165) is 11.1 Å². The molecule has 2 aromatic rings. The van der Waals surface area contributed by atoms with Gasteiger partial charge in [-0.1, -0.05) is 42.1 Å². The maximum atomic E-state index is 12.0. The summed E-state index contributed by atoms with van der Waals surface area (Å²) in [7, 11) is 0. The van der Waals surface area contributed by atoms with Gasteiger partial charge in [-0.25, -0.2) is 0 Å². The third-order valence-corrected chi connectivity index (χ3v) is 4.05. The SMILES string of the molecule is O=C1CS/C(=N/N=C\c2ccncc2)N1Cc1ccccc1. The van der Waals surface area contributed by atoms with E-state index in [4.69, 9.17) is 0 Å². The van der Waals surface area contributed by atoms with Crippen LogP contribution in [-0.2, 0) is 11.3 Å². The lowest BCUT2D eigenvalue weighted by Gasteiger charge is -2.14. The summed E-state index contributed by atoms with van der Waals surface area (Å²) in [5.74, 6) is 0.475. The number of nitrogens with zero attached hydrogens (tertiary/aromatic N) is 4. The second-order valence-electron chi connectivity index (χ2n) is 4.66. The Morgan fingerprint density at radius 2 is 1.95 bits per heavy atom. The molecular formula is C16H14N4OS. The largest absolute Gasteiger partial charge is 0.285 e. The van der Waals surface area contributed by atoms with E-state index in [-0.39, 0.29) is 5.91 Å². The second-order valence-corrected chi connectivity index (χ2v) is 5.60. The highest BCUT2D eigenvalue weighted by Crippen LogP contribution is 2.21. The lowest BCUT2D eigenvalue weighted by atomic mass is 10.2. The van der Waals surface area contributed by atoms with Gasteiger partial charge < -0.3 is 0 Å². The molecule has 1 saturated heterocycles. The number of carbonyl (C=O) groups is 1. The molecule has 0 spiro atoms. The first-order valence-corrected chi connectivity index (χ1v) is 7.79. The van der Waals surface area contributed by atoms with Crippen molar-refractivity contribution in [2.45, 2.75) is 6.54 Å². The molecule has 0 atom stereocenters. The summed E-state index contributed by atoms with van der Waals surface area (Å²) in [5, 5.41) is 8.89. The topological polar surface area (TPSA) is 57.9 Å². The monoisotopic (exact) mass is 310 g/mol. The number of carbonyl (C=O) groups excluding carboxylic acids is 1. The first-order valence-electron chi connectivity index (χ1n) is 6.81. The molecule has 1 fully saturated rings. The number of hydrogen-bond acceptors (Lipinski definition) is 5. The molecule has 0 radical (unpaired) electrons. The van der Waals surface area contributed by atoms with Crippen LogP contribution in [-0.4, -0.2) is 32.9 Å². The van der Waals surface area contributed by atoms with Gasteiger partial charge in [0, 0.05) is 12.4 Å². The first-order chi connectivity index (χ1) is 10.8. The fourth-order valence-corrected chi connectivity index (χ4v) is 2.82. The molecule has 0 N–H and O–H groups in total. The van der Waals surface area contributed by atoms with E-state index < -0.39 is 0 Å². The number of benzene rings is 1. The van der Waals surface area contributed by atoms with Crippen LogP contribution in [0.3, 0.4) is 0 Å². The molecule has 1 aliphatic rings. The number of rotatable bonds is 4. The van der Waals surface area contributed by atoms with Crippen LogP contribution in [0.2, 0.25) is 0 Å². The van der Waals surface area contributed by atoms with Crippen LogP contribution in [0.25, 0.3) is 0 Å². The molecule has 1 aromatic heterocycles. The Hall–Kier alpha value is -2.47. The summed E-state index contributed by atoms with van der Waals surface area (Å²) in [6.45, 7) is 0.524. The van der Waals surface area contributed by atoms with Crippen molar-refractivity contribution in [2.24, 2.45) is 10.2 Å². The molecule has 0 saturated carbocycles. The predicted molar refractivity (Wildman–Crippen MR) is 88.7 cm³/mol. The van der Waals surface area contributed by atoms with E-state index in [2.05, 4.69) is 15.2 Å². The Balaban J connectivity index is 1.73. The van der Waals surface area contributed by atoms with E-state index in [1.54, 1.807) is 23.5 Å². The van der Waals surface area contributed by atoms with E-state index in [0.29, 0.717) is 17.5 Å². The minimum absolute atomic E-state index is 0.0618. The molecule has 5 nitrogen and oxygen atoms in total. The van der Waals surface area contributed by atoms with Crippen LogP contribution >= 0.6 is 11.8 Å². The van der Waals surface area contributed by atoms with Crippen LogP contribution in [0.5, 0.6) is 0 Å². The third-order valence-electron chi connectivity index (χ3n) is 3.10. The first kappa shape index (κ1) is 14.5. The molecule has 1 amide bonds. The normalized spacial score (nSPS) is 16.8. The fourth-order valence-electron chi connectivity index (χ4n) is 1.99. The average Bonchev–Trinajstić information content (AvgIpc) is 2.90. The standard InChI is InChI=1S/C16H14N4OS/c21-15-12-22-16(19-18-10-13-6-8-17-9-7-13)20(15)11-14-4-2-1-3-5-14/h1-10H,11-12H2/b18-10-,19-16+. The summed E-state index contributed by atoms with van der Waals surface area (Å²) < 4.78 is 0. The predicted octanol–water partition coefficient (Wildman–Crippen LogP) is 2.55. The second kappa shape index (κ2) is 7.00. The van der Waals surface area contributed by atoms with Crippen molar-refractivity contribution in [1.82, 2.24) is 9.88 Å². The van der Waals surface area contributed by atoms with E-state index in [1.807, 2.05) is 42.5 Å². The van der Waals surface area contributed by atoms with Crippen molar-refractivity contribution in [3.05, 3.63) is 66.0 Å². The fraction of sp³-hybridized carbons (Fsp3) is 0.125. The molecule has 1 aromatic carbocycles. The third kappa shape index (κ3) is 3.59. The van der Waals surface area contributed by atoms with Crippen LogP contribution in [0.15, 0.2) is 65.1 Å². The number of pyridine rings is 1. The number of amidine groups is 1. The maximum Gasteiger partial charge on any atom is 0.239 e. The number of amides is 1. The minimum Gasteiger partial charge on any atom is -0.285 e. The smallest absolute Gasteiger partial charge is 0.239 e. The lowest BCUT2D eigenvalue weighted by molar-refractivity contribution is -0.124.